The number of aryl methyl sites for hydroxylation is 1. The molecular formula is C24H20N4O2. The Morgan fingerprint density at radius 1 is 1.13 bits per heavy atom. The molecule has 6 rings (SSSR count). The van der Waals surface area contributed by atoms with E-state index in [4.69, 9.17) is 0 Å². The van der Waals surface area contributed by atoms with Gasteiger partial charge in [0.25, 0.3) is 5.91 Å². The van der Waals surface area contributed by atoms with Gasteiger partial charge in [-0.15, -0.1) is 0 Å². The number of carbonyl (C=O) groups is 1. The minimum Gasteiger partial charge on any atom is -0.348 e. The van der Waals surface area contributed by atoms with Crippen LogP contribution in [0, 0.1) is 5.92 Å². The smallest absolute Gasteiger partial charge is 0.327 e. The number of rotatable bonds is 3. The lowest BCUT2D eigenvalue weighted by molar-refractivity contribution is 0.0948. The van der Waals surface area contributed by atoms with E-state index < -0.39 is 0 Å². The first-order valence-electron chi connectivity index (χ1n) is 10.1. The predicted molar refractivity (Wildman–Crippen MR) is 114 cm³/mol. The molecule has 2 aromatic carbocycles. The Balaban J connectivity index is 1.25. The van der Waals surface area contributed by atoms with E-state index in [9.17, 15) is 9.59 Å². The molecule has 3 unspecified atom stereocenters. The maximum Gasteiger partial charge on any atom is 0.327 e. The monoisotopic (exact) mass is 396 g/mol. The Morgan fingerprint density at radius 2 is 2.00 bits per heavy atom. The topological polar surface area (TPSA) is 79.8 Å². The molecule has 2 aliphatic carbocycles. The molecule has 0 aliphatic heterocycles. The summed E-state index contributed by atoms with van der Waals surface area (Å²) in [7, 11) is 1.71. The third-order valence-electron chi connectivity index (χ3n) is 6.55. The zero-order valence-corrected chi connectivity index (χ0v) is 16.4. The van der Waals surface area contributed by atoms with Crippen LogP contribution in [-0.2, 0) is 13.5 Å². The molecule has 2 N–H and O–H groups in total. The van der Waals surface area contributed by atoms with Crippen molar-refractivity contribution >= 4 is 17.1 Å². The zero-order valence-electron chi connectivity index (χ0n) is 16.4. The maximum absolute atomic E-state index is 12.9. The number of H-pyrrole nitrogens is 1. The second kappa shape index (κ2) is 6.16. The highest BCUT2D eigenvalue weighted by atomic mass is 16.2. The quantitative estimate of drug-likeness (QED) is 0.559. The Kier molecular flexibility index (Phi) is 3.53. The van der Waals surface area contributed by atoms with E-state index in [1.54, 1.807) is 13.2 Å². The lowest BCUT2D eigenvalue weighted by Crippen LogP contribution is -2.28. The lowest BCUT2D eigenvalue weighted by Gasteiger charge is -2.10. The SMILES string of the molecule is Cn1c(=O)[nH]c2ncc(-c3cccc(C(=O)NC4C5Cc6ccccc6C54)c3)cc21. The first-order chi connectivity index (χ1) is 14.6. The van der Waals surface area contributed by atoms with Crippen molar-refractivity contribution in [3.63, 3.8) is 0 Å². The number of aromatic nitrogens is 3. The Labute approximate surface area is 172 Å². The first kappa shape index (κ1) is 17.2. The van der Waals surface area contributed by atoms with Gasteiger partial charge < -0.3 is 5.32 Å². The van der Waals surface area contributed by atoms with Gasteiger partial charge in [0.1, 0.15) is 0 Å². The zero-order chi connectivity index (χ0) is 20.4. The Bertz CT molecular complexity index is 1380. The average molecular weight is 396 g/mol. The predicted octanol–water partition coefficient (Wildman–Crippen LogP) is 3.00. The van der Waals surface area contributed by atoms with Crippen molar-refractivity contribution in [1.82, 2.24) is 19.9 Å². The van der Waals surface area contributed by atoms with Gasteiger partial charge in [-0.2, -0.15) is 0 Å². The van der Waals surface area contributed by atoms with Crippen LogP contribution in [0.4, 0.5) is 0 Å². The Hall–Kier alpha value is -3.67. The molecule has 6 heteroatoms. The molecule has 2 aromatic heterocycles. The van der Waals surface area contributed by atoms with E-state index in [-0.39, 0.29) is 17.6 Å². The van der Waals surface area contributed by atoms with Crippen LogP contribution in [-0.4, -0.2) is 26.5 Å². The van der Waals surface area contributed by atoms with E-state index in [2.05, 4.69) is 39.6 Å². The largest absolute Gasteiger partial charge is 0.348 e. The van der Waals surface area contributed by atoms with Crippen LogP contribution in [0.3, 0.4) is 0 Å². The van der Waals surface area contributed by atoms with Crippen molar-refractivity contribution in [1.29, 1.82) is 0 Å². The second-order valence-electron chi connectivity index (χ2n) is 8.25. The van der Waals surface area contributed by atoms with Crippen LogP contribution in [0.25, 0.3) is 22.3 Å². The average Bonchev–Trinajstić information content (AvgIpc) is 3.14. The van der Waals surface area contributed by atoms with E-state index in [1.807, 2.05) is 30.3 Å². The summed E-state index contributed by atoms with van der Waals surface area (Å²) in [5.74, 6) is 0.933. The molecule has 148 valence electrons. The number of pyridine rings is 1. The number of amides is 1. The van der Waals surface area contributed by atoms with Gasteiger partial charge in [0.2, 0.25) is 0 Å². The van der Waals surface area contributed by atoms with Gasteiger partial charge in [-0.1, -0.05) is 36.4 Å². The number of carbonyl (C=O) groups excluding carboxylic acids is 1. The third kappa shape index (κ3) is 2.53. The third-order valence-corrected chi connectivity index (χ3v) is 6.55. The standard InChI is InChI=1S/C24H20N4O2/c1-28-19-11-16(12-25-22(19)27-24(28)30)13-6-4-7-15(9-13)23(29)26-21-18-10-14-5-2-3-8-17(14)20(18)21/h2-9,11-12,18,20-21H,10H2,1H3,(H,26,29)(H,25,27,30). The van der Waals surface area contributed by atoms with E-state index in [1.165, 1.54) is 15.7 Å². The highest BCUT2D eigenvalue weighted by Crippen LogP contribution is 2.56. The Morgan fingerprint density at radius 3 is 2.90 bits per heavy atom. The normalized spacial score (nSPS) is 21.3. The first-order valence-corrected chi connectivity index (χ1v) is 10.1. The summed E-state index contributed by atoms with van der Waals surface area (Å²) >= 11 is 0. The summed E-state index contributed by atoms with van der Waals surface area (Å²) < 4.78 is 1.53. The number of benzene rings is 2. The van der Waals surface area contributed by atoms with Gasteiger partial charge in [0, 0.05) is 36.3 Å². The van der Waals surface area contributed by atoms with Gasteiger partial charge in [0.15, 0.2) is 5.65 Å². The number of nitrogens with one attached hydrogen (secondary N) is 2. The molecule has 3 atom stereocenters. The minimum absolute atomic E-state index is 0.0446. The number of imidazole rings is 1. The van der Waals surface area contributed by atoms with Crippen LogP contribution in [0.2, 0.25) is 0 Å². The van der Waals surface area contributed by atoms with Gasteiger partial charge in [0.05, 0.1) is 5.52 Å². The fraction of sp³-hybridized carbons (Fsp3) is 0.208. The van der Waals surface area contributed by atoms with Crippen molar-refractivity contribution in [2.45, 2.75) is 18.4 Å². The summed E-state index contributed by atoms with van der Waals surface area (Å²) in [4.78, 5) is 31.8. The molecule has 0 saturated heterocycles. The minimum atomic E-state index is -0.195. The summed E-state index contributed by atoms with van der Waals surface area (Å²) in [6.45, 7) is 0. The number of nitrogens with zero attached hydrogens (tertiary/aromatic N) is 2. The van der Waals surface area contributed by atoms with Crippen molar-refractivity contribution in [3.05, 3.63) is 88.0 Å². The second-order valence-corrected chi connectivity index (χ2v) is 8.25. The van der Waals surface area contributed by atoms with Crippen LogP contribution < -0.4 is 11.0 Å². The number of aromatic amines is 1. The van der Waals surface area contributed by atoms with Crippen molar-refractivity contribution in [2.24, 2.45) is 13.0 Å². The molecule has 0 spiro atoms. The fourth-order valence-corrected chi connectivity index (χ4v) is 4.88. The molecular weight excluding hydrogens is 376 g/mol. The molecule has 2 heterocycles. The molecule has 4 aromatic rings. The van der Waals surface area contributed by atoms with E-state index >= 15 is 0 Å². The highest BCUT2D eigenvalue weighted by molar-refractivity contribution is 5.96. The maximum atomic E-state index is 12.9. The van der Waals surface area contributed by atoms with Gasteiger partial charge in [-0.25, -0.2) is 9.78 Å². The van der Waals surface area contributed by atoms with Crippen LogP contribution in [0.5, 0.6) is 0 Å². The van der Waals surface area contributed by atoms with E-state index in [0.717, 1.165) is 23.1 Å². The molecule has 30 heavy (non-hydrogen) atoms. The van der Waals surface area contributed by atoms with E-state index in [0.29, 0.717) is 23.0 Å². The molecule has 1 amide bonds. The molecule has 1 fully saturated rings. The van der Waals surface area contributed by atoms with Crippen LogP contribution in [0.15, 0.2) is 65.6 Å². The molecule has 1 saturated carbocycles. The molecule has 0 radical (unpaired) electrons. The fourth-order valence-electron chi connectivity index (χ4n) is 4.88. The van der Waals surface area contributed by atoms with Crippen molar-refractivity contribution in [3.8, 4) is 11.1 Å². The lowest BCUT2D eigenvalue weighted by atomic mass is 10.0. The molecule has 2 aliphatic rings. The van der Waals surface area contributed by atoms with Gasteiger partial charge >= 0.3 is 5.69 Å². The van der Waals surface area contributed by atoms with Gasteiger partial charge in [-0.3, -0.25) is 14.3 Å². The number of fused-ring (bicyclic) bond motifs is 4. The molecule has 0 bridgehead atoms. The van der Waals surface area contributed by atoms with Gasteiger partial charge in [-0.05, 0) is 47.2 Å². The number of hydrogen-bond donors (Lipinski definition) is 2. The summed E-state index contributed by atoms with van der Waals surface area (Å²) in [5, 5.41) is 3.23. The molecule has 6 nitrogen and oxygen atoms in total. The summed E-state index contributed by atoms with van der Waals surface area (Å²) in [5.41, 5.74) is 6.29. The van der Waals surface area contributed by atoms with Crippen LogP contribution in [0.1, 0.15) is 27.4 Å². The van der Waals surface area contributed by atoms with Crippen LogP contribution >= 0.6 is 0 Å². The summed E-state index contributed by atoms with van der Waals surface area (Å²) in [6.07, 6.45) is 2.77. The summed E-state index contributed by atoms with van der Waals surface area (Å²) in [6, 6.07) is 18.2. The number of hydrogen-bond acceptors (Lipinski definition) is 3. The highest BCUT2D eigenvalue weighted by Gasteiger charge is 2.56. The van der Waals surface area contributed by atoms with Crippen molar-refractivity contribution < 1.29 is 4.79 Å². The van der Waals surface area contributed by atoms with Crippen molar-refractivity contribution in [2.75, 3.05) is 0 Å².